The Bertz CT molecular complexity index is 822. The number of carbonyl (C=O) groups is 1. The van der Waals surface area contributed by atoms with Gasteiger partial charge in [0.25, 0.3) is 5.91 Å². The second-order valence-corrected chi connectivity index (χ2v) is 8.42. The van der Waals surface area contributed by atoms with Gasteiger partial charge in [0.05, 0.1) is 0 Å². The standard InChI is InChI=1S/C23H27FN2O2/c1-23(2)14-17-15-25(22(27)16-28-20-6-4-3-5-7-20)13-12-21(17)26(23)19-10-8-18(24)9-11-19/h3-11,17,21H,12-16H2,1-2H3/t17-,21+/m1/s1. The molecule has 5 heteroatoms. The molecule has 4 rings (SSSR count). The lowest BCUT2D eigenvalue weighted by atomic mass is 9.90. The fourth-order valence-corrected chi connectivity index (χ4v) is 4.87. The second kappa shape index (κ2) is 7.46. The number of ether oxygens (including phenoxy) is 1. The number of hydrogen-bond donors (Lipinski definition) is 0. The van der Waals surface area contributed by atoms with Crippen molar-refractivity contribution in [2.45, 2.75) is 38.3 Å². The number of hydrogen-bond acceptors (Lipinski definition) is 3. The number of nitrogens with zero attached hydrogens (tertiary/aromatic N) is 2. The van der Waals surface area contributed by atoms with Gasteiger partial charge in [0, 0.05) is 30.4 Å². The van der Waals surface area contributed by atoms with E-state index in [-0.39, 0.29) is 23.9 Å². The molecule has 0 aliphatic carbocycles. The SMILES string of the molecule is CC1(C)C[C@@H]2CN(C(=O)COc3ccccc3)CC[C@@H]2N1c1ccc(F)cc1. The van der Waals surface area contributed by atoms with E-state index in [4.69, 9.17) is 4.74 Å². The summed E-state index contributed by atoms with van der Waals surface area (Å²) in [4.78, 5) is 17.0. The first-order valence-corrected chi connectivity index (χ1v) is 9.94. The van der Waals surface area contributed by atoms with Gasteiger partial charge in [0.15, 0.2) is 6.61 Å². The highest BCUT2D eigenvalue weighted by Crippen LogP contribution is 2.44. The van der Waals surface area contributed by atoms with Crippen LogP contribution >= 0.6 is 0 Å². The lowest BCUT2D eigenvalue weighted by Gasteiger charge is -2.41. The third-order valence-corrected chi connectivity index (χ3v) is 6.00. The number of fused-ring (bicyclic) bond motifs is 1. The highest BCUT2D eigenvalue weighted by atomic mass is 19.1. The molecule has 2 heterocycles. The lowest BCUT2D eigenvalue weighted by Crippen LogP contribution is -2.51. The molecule has 2 aliphatic heterocycles. The predicted octanol–water partition coefficient (Wildman–Crippen LogP) is 4.11. The van der Waals surface area contributed by atoms with E-state index >= 15 is 0 Å². The molecule has 0 aromatic heterocycles. The van der Waals surface area contributed by atoms with E-state index in [1.807, 2.05) is 47.4 Å². The average molecular weight is 382 g/mol. The molecule has 0 bridgehead atoms. The number of halogens is 1. The van der Waals surface area contributed by atoms with Crippen LogP contribution in [-0.2, 0) is 4.79 Å². The molecule has 148 valence electrons. The molecule has 0 spiro atoms. The molecule has 2 atom stereocenters. The van der Waals surface area contributed by atoms with Gasteiger partial charge in [-0.25, -0.2) is 4.39 Å². The Hall–Kier alpha value is -2.56. The fourth-order valence-electron chi connectivity index (χ4n) is 4.87. The Balaban J connectivity index is 1.42. The Morgan fingerprint density at radius 3 is 2.57 bits per heavy atom. The van der Waals surface area contributed by atoms with Crippen molar-refractivity contribution in [3.05, 3.63) is 60.4 Å². The summed E-state index contributed by atoms with van der Waals surface area (Å²) in [7, 11) is 0. The van der Waals surface area contributed by atoms with Gasteiger partial charge in [0.1, 0.15) is 11.6 Å². The number of rotatable bonds is 4. The van der Waals surface area contributed by atoms with Gasteiger partial charge < -0.3 is 14.5 Å². The van der Waals surface area contributed by atoms with Crippen LogP contribution in [0.4, 0.5) is 10.1 Å². The second-order valence-electron chi connectivity index (χ2n) is 8.42. The predicted molar refractivity (Wildman–Crippen MR) is 108 cm³/mol. The van der Waals surface area contributed by atoms with Crippen LogP contribution in [0.5, 0.6) is 5.75 Å². The van der Waals surface area contributed by atoms with Gasteiger partial charge in [-0.2, -0.15) is 0 Å². The summed E-state index contributed by atoms with van der Waals surface area (Å²) in [6, 6.07) is 16.6. The zero-order chi connectivity index (χ0) is 19.7. The zero-order valence-electron chi connectivity index (χ0n) is 16.5. The minimum absolute atomic E-state index is 0.0211. The van der Waals surface area contributed by atoms with Gasteiger partial charge in [-0.1, -0.05) is 18.2 Å². The molecule has 0 saturated carbocycles. The molecule has 0 radical (unpaired) electrons. The minimum Gasteiger partial charge on any atom is -0.484 e. The Kier molecular flexibility index (Phi) is 5.00. The first kappa shape index (κ1) is 18.8. The van der Waals surface area contributed by atoms with Crippen molar-refractivity contribution in [3.63, 3.8) is 0 Å². The van der Waals surface area contributed by atoms with Gasteiger partial charge in [-0.05, 0) is 69.0 Å². The van der Waals surface area contributed by atoms with E-state index < -0.39 is 0 Å². The summed E-state index contributed by atoms with van der Waals surface area (Å²) in [6.07, 6.45) is 1.93. The van der Waals surface area contributed by atoms with Crippen LogP contribution in [0.3, 0.4) is 0 Å². The first-order valence-electron chi connectivity index (χ1n) is 9.94. The fraction of sp³-hybridized carbons (Fsp3) is 0.435. The molecular weight excluding hydrogens is 355 g/mol. The highest BCUT2D eigenvalue weighted by Gasteiger charge is 2.48. The Labute approximate surface area is 165 Å². The third-order valence-electron chi connectivity index (χ3n) is 6.00. The zero-order valence-corrected chi connectivity index (χ0v) is 16.5. The maximum atomic E-state index is 13.4. The number of benzene rings is 2. The first-order chi connectivity index (χ1) is 13.4. The van der Waals surface area contributed by atoms with Crippen LogP contribution in [0, 0.1) is 11.7 Å². The van der Waals surface area contributed by atoms with E-state index in [2.05, 4.69) is 18.7 Å². The van der Waals surface area contributed by atoms with Crippen molar-refractivity contribution >= 4 is 11.6 Å². The van der Waals surface area contributed by atoms with Crippen molar-refractivity contribution in [3.8, 4) is 5.75 Å². The summed E-state index contributed by atoms with van der Waals surface area (Å²) in [5.74, 6) is 0.959. The monoisotopic (exact) mass is 382 g/mol. The smallest absolute Gasteiger partial charge is 0.260 e. The quantitative estimate of drug-likeness (QED) is 0.798. The molecule has 28 heavy (non-hydrogen) atoms. The number of carbonyl (C=O) groups excluding carboxylic acids is 1. The van der Waals surface area contributed by atoms with Crippen molar-refractivity contribution in [2.24, 2.45) is 5.92 Å². The average Bonchev–Trinajstić information content (AvgIpc) is 2.96. The Morgan fingerprint density at radius 1 is 1.14 bits per heavy atom. The normalized spacial score (nSPS) is 23.4. The van der Waals surface area contributed by atoms with Gasteiger partial charge in [-0.15, -0.1) is 0 Å². The van der Waals surface area contributed by atoms with Gasteiger partial charge in [-0.3, -0.25) is 4.79 Å². The minimum atomic E-state index is -0.212. The number of piperidine rings is 1. The van der Waals surface area contributed by atoms with Crippen molar-refractivity contribution in [1.29, 1.82) is 0 Å². The molecule has 2 fully saturated rings. The summed E-state index contributed by atoms with van der Waals surface area (Å²) < 4.78 is 19.0. The molecule has 0 N–H and O–H groups in total. The molecule has 2 aromatic rings. The lowest BCUT2D eigenvalue weighted by molar-refractivity contribution is -0.135. The van der Waals surface area contributed by atoms with E-state index in [0.29, 0.717) is 12.0 Å². The van der Waals surface area contributed by atoms with Crippen molar-refractivity contribution in [1.82, 2.24) is 4.90 Å². The molecule has 2 aromatic carbocycles. The molecule has 2 aliphatic rings. The number of para-hydroxylation sites is 1. The number of likely N-dealkylation sites (tertiary alicyclic amines) is 1. The maximum absolute atomic E-state index is 13.4. The van der Waals surface area contributed by atoms with Crippen molar-refractivity contribution in [2.75, 3.05) is 24.6 Å². The molecule has 4 nitrogen and oxygen atoms in total. The molecule has 1 amide bonds. The Morgan fingerprint density at radius 2 is 1.86 bits per heavy atom. The molecule has 2 saturated heterocycles. The van der Waals surface area contributed by atoms with E-state index in [0.717, 1.165) is 37.4 Å². The topological polar surface area (TPSA) is 32.8 Å². The van der Waals surface area contributed by atoms with Crippen LogP contribution < -0.4 is 9.64 Å². The molecule has 0 unspecified atom stereocenters. The van der Waals surface area contributed by atoms with Crippen LogP contribution in [-0.4, -0.2) is 42.1 Å². The molecular formula is C23H27FN2O2. The largest absolute Gasteiger partial charge is 0.484 e. The summed E-state index contributed by atoms with van der Waals surface area (Å²) in [5, 5.41) is 0. The van der Waals surface area contributed by atoms with Crippen LogP contribution in [0.2, 0.25) is 0 Å². The van der Waals surface area contributed by atoms with E-state index in [1.165, 1.54) is 12.1 Å². The van der Waals surface area contributed by atoms with Crippen molar-refractivity contribution < 1.29 is 13.9 Å². The highest BCUT2D eigenvalue weighted by molar-refractivity contribution is 5.78. The maximum Gasteiger partial charge on any atom is 0.260 e. The van der Waals surface area contributed by atoms with Crippen LogP contribution in [0.1, 0.15) is 26.7 Å². The van der Waals surface area contributed by atoms with Gasteiger partial charge in [0.2, 0.25) is 0 Å². The van der Waals surface area contributed by atoms with E-state index in [1.54, 1.807) is 0 Å². The van der Waals surface area contributed by atoms with Gasteiger partial charge >= 0.3 is 0 Å². The van der Waals surface area contributed by atoms with Crippen LogP contribution in [0.25, 0.3) is 0 Å². The van der Waals surface area contributed by atoms with E-state index in [9.17, 15) is 9.18 Å². The summed E-state index contributed by atoms with van der Waals surface area (Å²) in [6.45, 7) is 6.03. The number of anilines is 1. The number of amides is 1. The third kappa shape index (κ3) is 3.71. The summed E-state index contributed by atoms with van der Waals surface area (Å²) in [5.41, 5.74) is 1.04. The summed E-state index contributed by atoms with van der Waals surface area (Å²) >= 11 is 0. The van der Waals surface area contributed by atoms with Crippen LogP contribution in [0.15, 0.2) is 54.6 Å².